The quantitative estimate of drug-likeness (QED) is 0.796. The minimum absolute atomic E-state index is 0.0147. The van der Waals surface area contributed by atoms with Gasteiger partial charge in [0, 0.05) is 10.1 Å². The predicted octanol–water partition coefficient (Wildman–Crippen LogP) is 4.78. The van der Waals surface area contributed by atoms with Gasteiger partial charge in [0.05, 0.1) is 12.0 Å². The van der Waals surface area contributed by atoms with E-state index < -0.39 is 11.6 Å². The van der Waals surface area contributed by atoms with Crippen LogP contribution in [0.3, 0.4) is 0 Å². The molecule has 0 saturated heterocycles. The van der Waals surface area contributed by atoms with Gasteiger partial charge in [-0.3, -0.25) is 0 Å². The first kappa shape index (κ1) is 14.3. The lowest BCUT2D eigenvalue weighted by Crippen LogP contribution is -2.25. The Morgan fingerprint density at radius 3 is 2.74 bits per heavy atom. The van der Waals surface area contributed by atoms with E-state index >= 15 is 0 Å². The van der Waals surface area contributed by atoms with E-state index in [4.69, 9.17) is 0 Å². The maximum absolute atomic E-state index is 13.2. The van der Waals surface area contributed by atoms with Crippen LogP contribution in [0.1, 0.15) is 32.6 Å². The Morgan fingerprint density at radius 2 is 2.11 bits per heavy atom. The zero-order chi connectivity index (χ0) is 13.8. The van der Waals surface area contributed by atoms with Crippen LogP contribution in [-0.2, 0) is 0 Å². The van der Waals surface area contributed by atoms with E-state index in [-0.39, 0.29) is 11.2 Å². The Balaban J connectivity index is 2.10. The molecule has 1 aromatic rings. The third kappa shape index (κ3) is 3.48. The van der Waals surface area contributed by atoms with Crippen LogP contribution in [0.15, 0.2) is 23.1 Å². The Labute approximate surface area is 117 Å². The van der Waals surface area contributed by atoms with Gasteiger partial charge in [-0.2, -0.15) is 5.26 Å². The van der Waals surface area contributed by atoms with Crippen molar-refractivity contribution in [3.05, 3.63) is 29.8 Å². The van der Waals surface area contributed by atoms with Crippen LogP contribution in [0.2, 0.25) is 0 Å². The van der Waals surface area contributed by atoms with Crippen molar-refractivity contribution in [2.24, 2.45) is 11.8 Å². The van der Waals surface area contributed by atoms with Gasteiger partial charge in [0.2, 0.25) is 0 Å². The lowest BCUT2D eigenvalue weighted by atomic mass is 9.81. The molecule has 0 N–H and O–H groups in total. The van der Waals surface area contributed by atoms with E-state index in [1.807, 2.05) is 0 Å². The summed E-state index contributed by atoms with van der Waals surface area (Å²) in [5, 5.41) is 9.39. The average molecular weight is 281 g/mol. The molecule has 0 amide bonds. The van der Waals surface area contributed by atoms with Crippen molar-refractivity contribution in [3.63, 3.8) is 0 Å². The van der Waals surface area contributed by atoms with Crippen molar-refractivity contribution in [1.82, 2.24) is 0 Å². The number of rotatable bonds is 3. The maximum Gasteiger partial charge on any atom is 0.159 e. The van der Waals surface area contributed by atoms with Gasteiger partial charge in [-0.05, 0) is 43.4 Å². The number of hydrogen-bond donors (Lipinski definition) is 0. The summed E-state index contributed by atoms with van der Waals surface area (Å²) in [5.74, 6) is -0.981. The Hall–Kier alpha value is -1.08. The number of thioether (sulfide) groups is 1. The topological polar surface area (TPSA) is 23.8 Å². The lowest BCUT2D eigenvalue weighted by molar-refractivity contribution is 0.317. The monoisotopic (exact) mass is 281 g/mol. The molecule has 0 spiro atoms. The number of nitriles is 1. The fourth-order valence-corrected chi connectivity index (χ4v) is 3.98. The van der Waals surface area contributed by atoms with E-state index in [0.717, 1.165) is 31.7 Å². The lowest BCUT2D eigenvalue weighted by Gasteiger charge is -2.31. The summed E-state index contributed by atoms with van der Waals surface area (Å²) in [4.78, 5) is 0.709. The van der Waals surface area contributed by atoms with Gasteiger partial charge in [-0.25, -0.2) is 8.78 Å². The zero-order valence-electron chi connectivity index (χ0n) is 10.9. The van der Waals surface area contributed by atoms with Crippen molar-refractivity contribution in [2.75, 3.05) is 0 Å². The smallest absolute Gasteiger partial charge is 0.159 e. The van der Waals surface area contributed by atoms with Crippen LogP contribution in [0.5, 0.6) is 0 Å². The highest BCUT2D eigenvalue weighted by molar-refractivity contribution is 8.00. The van der Waals surface area contributed by atoms with Crippen molar-refractivity contribution in [2.45, 2.75) is 42.8 Å². The zero-order valence-corrected chi connectivity index (χ0v) is 11.7. The number of benzene rings is 1. The molecule has 4 heteroatoms. The summed E-state index contributed by atoms with van der Waals surface area (Å²) in [6.07, 6.45) is 4.12. The normalized spacial score (nSPS) is 26.9. The van der Waals surface area contributed by atoms with Crippen LogP contribution < -0.4 is 0 Å². The highest BCUT2D eigenvalue weighted by Gasteiger charge is 2.30. The number of halogens is 2. The number of hydrogen-bond acceptors (Lipinski definition) is 2. The van der Waals surface area contributed by atoms with Crippen molar-refractivity contribution >= 4 is 11.8 Å². The fraction of sp³-hybridized carbons (Fsp3) is 0.533. The van der Waals surface area contributed by atoms with Gasteiger partial charge >= 0.3 is 0 Å². The maximum atomic E-state index is 13.2. The van der Waals surface area contributed by atoms with Crippen molar-refractivity contribution in [3.8, 4) is 6.07 Å². The van der Waals surface area contributed by atoms with Gasteiger partial charge in [-0.1, -0.05) is 13.3 Å². The molecule has 0 aromatic heterocycles. The third-order valence-electron chi connectivity index (χ3n) is 3.82. The molecule has 1 aliphatic rings. The van der Waals surface area contributed by atoms with Crippen LogP contribution in [0.4, 0.5) is 8.78 Å². The van der Waals surface area contributed by atoms with Gasteiger partial charge < -0.3 is 0 Å². The SMILES string of the molecule is CCC1CCC(C#N)C(Sc2ccc(F)c(F)c2)C1. The largest absolute Gasteiger partial charge is 0.204 e. The second kappa shape index (κ2) is 6.38. The van der Waals surface area contributed by atoms with E-state index in [2.05, 4.69) is 13.0 Å². The second-order valence-electron chi connectivity index (χ2n) is 5.06. The van der Waals surface area contributed by atoms with Crippen molar-refractivity contribution in [1.29, 1.82) is 5.26 Å². The summed E-state index contributed by atoms with van der Waals surface area (Å²) in [6.45, 7) is 2.16. The summed E-state index contributed by atoms with van der Waals surface area (Å²) in [6, 6.07) is 6.32. The average Bonchev–Trinajstić information content (AvgIpc) is 2.43. The molecular formula is C15H17F2NS. The van der Waals surface area contributed by atoms with E-state index in [0.29, 0.717) is 10.8 Å². The number of nitrogens with zero attached hydrogens (tertiary/aromatic N) is 1. The molecule has 102 valence electrons. The molecule has 3 atom stereocenters. The molecule has 1 aromatic carbocycles. The molecule has 3 unspecified atom stereocenters. The summed E-state index contributed by atoms with van der Waals surface area (Å²) < 4.78 is 26.1. The Kier molecular flexibility index (Phi) is 4.81. The van der Waals surface area contributed by atoms with Gasteiger partial charge in [0.15, 0.2) is 11.6 Å². The molecule has 0 radical (unpaired) electrons. The van der Waals surface area contributed by atoms with Crippen LogP contribution in [-0.4, -0.2) is 5.25 Å². The second-order valence-corrected chi connectivity index (χ2v) is 6.37. The summed E-state index contributed by atoms with van der Waals surface area (Å²) >= 11 is 1.51. The van der Waals surface area contributed by atoms with Gasteiger partial charge in [0.25, 0.3) is 0 Å². The van der Waals surface area contributed by atoms with Crippen LogP contribution >= 0.6 is 11.8 Å². The molecule has 0 bridgehead atoms. The van der Waals surface area contributed by atoms with Gasteiger partial charge in [-0.15, -0.1) is 11.8 Å². The Morgan fingerprint density at radius 1 is 1.32 bits per heavy atom. The standard InChI is InChI=1S/C15H17F2NS/c1-2-10-3-4-11(9-18)15(7-10)19-12-5-6-13(16)14(17)8-12/h5-6,8,10-11,15H,2-4,7H2,1H3. The summed E-state index contributed by atoms with van der Waals surface area (Å²) in [5.41, 5.74) is 0. The van der Waals surface area contributed by atoms with E-state index in [1.54, 1.807) is 6.07 Å². The molecule has 1 saturated carbocycles. The summed E-state index contributed by atoms with van der Waals surface area (Å²) in [7, 11) is 0. The first-order valence-corrected chi connectivity index (χ1v) is 7.53. The minimum atomic E-state index is -0.823. The minimum Gasteiger partial charge on any atom is -0.204 e. The highest BCUT2D eigenvalue weighted by Crippen LogP contribution is 2.40. The van der Waals surface area contributed by atoms with Crippen LogP contribution in [0.25, 0.3) is 0 Å². The predicted molar refractivity (Wildman–Crippen MR) is 72.7 cm³/mol. The first-order chi connectivity index (χ1) is 9.13. The molecule has 1 nitrogen and oxygen atoms in total. The molecule has 2 rings (SSSR count). The molecule has 0 aliphatic heterocycles. The highest BCUT2D eigenvalue weighted by atomic mass is 32.2. The molecule has 19 heavy (non-hydrogen) atoms. The fourth-order valence-electron chi connectivity index (χ4n) is 2.59. The first-order valence-electron chi connectivity index (χ1n) is 6.65. The third-order valence-corrected chi connectivity index (χ3v) is 5.17. The van der Waals surface area contributed by atoms with Gasteiger partial charge in [0.1, 0.15) is 0 Å². The van der Waals surface area contributed by atoms with E-state index in [1.165, 1.54) is 17.8 Å². The molecular weight excluding hydrogens is 264 g/mol. The molecule has 1 fully saturated rings. The van der Waals surface area contributed by atoms with Crippen LogP contribution in [0, 0.1) is 34.8 Å². The van der Waals surface area contributed by atoms with E-state index in [9.17, 15) is 14.0 Å². The van der Waals surface area contributed by atoms with Crippen molar-refractivity contribution < 1.29 is 8.78 Å². The molecule has 0 heterocycles. The Bertz CT molecular complexity index is 484. The molecule has 1 aliphatic carbocycles.